The number of aromatic amines is 1. The van der Waals surface area contributed by atoms with Crippen LogP contribution in [-0.2, 0) is 0 Å². The monoisotopic (exact) mass is 207 g/mol. The summed E-state index contributed by atoms with van der Waals surface area (Å²) >= 11 is 4.12. The summed E-state index contributed by atoms with van der Waals surface area (Å²) < 4.78 is 0. The van der Waals surface area contributed by atoms with E-state index in [0.717, 1.165) is 16.5 Å². The molecule has 0 saturated heterocycles. The average Bonchev–Trinajstić information content (AvgIpc) is 2.61. The molecule has 0 fully saturated rings. The molecule has 0 saturated carbocycles. The van der Waals surface area contributed by atoms with Gasteiger partial charge in [0.05, 0.1) is 6.10 Å². The van der Waals surface area contributed by atoms with Crippen molar-refractivity contribution in [3.63, 3.8) is 0 Å². The van der Waals surface area contributed by atoms with Crippen LogP contribution < -0.4 is 0 Å². The Labute approximate surface area is 88.4 Å². The Morgan fingerprint density at radius 2 is 2.14 bits per heavy atom. The van der Waals surface area contributed by atoms with E-state index in [-0.39, 0.29) is 0 Å². The topological polar surface area (TPSA) is 36.0 Å². The van der Waals surface area contributed by atoms with Crippen LogP contribution in [0.4, 0.5) is 0 Å². The fourth-order valence-corrected chi connectivity index (χ4v) is 1.89. The number of para-hydroxylation sites is 1. The number of benzene rings is 1. The van der Waals surface area contributed by atoms with Crippen molar-refractivity contribution >= 4 is 23.5 Å². The van der Waals surface area contributed by atoms with Crippen molar-refractivity contribution in [3.05, 3.63) is 36.0 Å². The van der Waals surface area contributed by atoms with Crippen molar-refractivity contribution in [3.8, 4) is 0 Å². The van der Waals surface area contributed by atoms with Crippen LogP contribution >= 0.6 is 12.6 Å². The number of fused-ring (bicyclic) bond motifs is 1. The zero-order chi connectivity index (χ0) is 9.97. The highest BCUT2D eigenvalue weighted by Gasteiger charge is 2.11. The highest BCUT2D eigenvalue weighted by molar-refractivity contribution is 7.80. The molecule has 1 heterocycles. The lowest BCUT2D eigenvalue weighted by atomic mass is 10.1. The van der Waals surface area contributed by atoms with Gasteiger partial charge < -0.3 is 10.1 Å². The zero-order valence-electron chi connectivity index (χ0n) is 7.77. The summed E-state index contributed by atoms with van der Waals surface area (Å²) in [7, 11) is 0. The predicted octanol–water partition coefficient (Wildman–Crippen LogP) is 2.52. The van der Waals surface area contributed by atoms with Crippen LogP contribution in [0, 0.1) is 0 Å². The minimum absolute atomic E-state index is 0.413. The maximum Gasteiger partial charge on any atom is 0.0818 e. The van der Waals surface area contributed by atoms with E-state index in [4.69, 9.17) is 0 Å². The normalized spacial score (nSPS) is 13.3. The van der Waals surface area contributed by atoms with Crippen LogP contribution in [0.15, 0.2) is 30.5 Å². The first kappa shape index (κ1) is 9.62. The standard InChI is InChI=1S/C11H13NOS/c13-11(5-6-14)9-7-12-10-4-2-1-3-8(9)10/h1-4,7,11-14H,5-6H2. The van der Waals surface area contributed by atoms with Crippen LogP contribution in [0.2, 0.25) is 0 Å². The molecule has 1 atom stereocenters. The Kier molecular flexibility index (Phi) is 2.79. The van der Waals surface area contributed by atoms with Gasteiger partial charge in [0.15, 0.2) is 0 Å². The molecule has 2 aromatic rings. The van der Waals surface area contributed by atoms with Gasteiger partial charge in [-0.05, 0) is 18.2 Å². The van der Waals surface area contributed by atoms with Crippen molar-refractivity contribution in [2.24, 2.45) is 0 Å². The second-order valence-corrected chi connectivity index (χ2v) is 3.76. The van der Waals surface area contributed by atoms with E-state index < -0.39 is 6.10 Å². The highest BCUT2D eigenvalue weighted by Crippen LogP contribution is 2.25. The molecule has 0 aliphatic heterocycles. The maximum absolute atomic E-state index is 9.84. The second kappa shape index (κ2) is 4.07. The van der Waals surface area contributed by atoms with E-state index >= 15 is 0 Å². The van der Waals surface area contributed by atoms with E-state index in [2.05, 4.69) is 17.6 Å². The molecule has 74 valence electrons. The molecule has 14 heavy (non-hydrogen) atoms. The van der Waals surface area contributed by atoms with Gasteiger partial charge in [-0.15, -0.1) is 0 Å². The maximum atomic E-state index is 9.84. The van der Waals surface area contributed by atoms with E-state index in [1.807, 2.05) is 30.5 Å². The summed E-state index contributed by atoms with van der Waals surface area (Å²) in [6.45, 7) is 0. The smallest absolute Gasteiger partial charge is 0.0818 e. The Morgan fingerprint density at radius 1 is 1.36 bits per heavy atom. The van der Waals surface area contributed by atoms with Gasteiger partial charge in [0.2, 0.25) is 0 Å². The first-order chi connectivity index (χ1) is 6.83. The molecule has 0 bridgehead atoms. The molecule has 1 unspecified atom stereocenters. The molecule has 3 heteroatoms. The van der Waals surface area contributed by atoms with Gasteiger partial charge in [0, 0.05) is 22.7 Å². The minimum Gasteiger partial charge on any atom is -0.388 e. The molecular formula is C11H13NOS. The number of hydrogen-bond acceptors (Lipinski definition) is 2. The summed E-state index contributed by atoms with van der Waals surface area (Å²) in [4.78, 5) is 3.14. The predicted molar refractivity (Wildman–Crippen MR) is 61.7 cm³/mol. The van der Waals surface area contributed by atoms with Crippen molar-refractivity contribution < 1.29 is 5.11 Å². The summed E-state index contributed by atoms with van der Waals surface area (Å²) in [6, 6.07) is 7.98. The van der Waals surface area contributed by atoms with Crippen LogP contribution in [0.3, 0.4) is 0 Å². The summed E-state index contributed by atoms with van der Waals surface area (Å²) in [6.07, 6.45) is 2.15. The van der Waals surface area contributed by atoms with Crippen LogP contribution in [-0.4, -0.2) is 15.8 Å². The highest BCUT2D eigenvalue weighted by atomic mass is 32.1. The van der Waals surface area contributed by atoms with Gasteiger partial charge in [0.25, 0.3) is 0 Å². The summed E-state index contributed by atoms with van der Waals surface area (Å²) in [5, 5.41) is 10.9. The Balaban J connectivity index is 2.42. The number of H-pyrrole nitrogens is 1. The third-order valence-electron chi connectivity index (χ3n) is 2.38. The molecule has 0 aliphatic carbocycles. The Morgan fingerprint density at radius 3 is 2.93 bits per heavy atom. The first-order valence-electron chi connectivity index (χ1n) is 4.68. The third-order valence-corrected chi connectivity index (χ3v) is 2.64. The molecule has 2 N–H and O–H groups in total. The molecule has 0 spiro atoms. The molecule has 0 radical (unpaired) electrons. The molecule has 1 aromatic heterocycles. The van der Waals surface area contributed by atoms with Gasteiger partial charge in [-0.25, -0.2) is 0 Å². The van der Waals surface area contributed by atoms with E-state index in [9.17, 15) is 5.11 Å². The summed E-state index contributed by atoms with van der Waals surface area (Å²) in [5.74, 6) is 0.695. The lowest BCUT2D eigenvalue weighted by Gasteiger charge is -2.06. The van der Waals surface area contributed by atoms with Crippen molar-refractivity contribution in [1.82, 2.24) is 4.98 Å². The number of aliphatic hydroxyl groups is 1. The molecule has 0 aliphatic rings. The fraction of sp³-hybridized carbons (Fsp3) is 0.273. The molecule has 1 aromatic carbocycles. The molecule has 2 nitrogen and oxygen atoms in total. The van der Waals surface area contributed by atoms with E-state index in [1.165, 1.54) is 0 Å². The Bertz CT molecular complexity index is 424. The van der Waals surface area contributed by atoms with Gasteiger partial charge >= 0.3 is 0 Å². The van der Waals surface area contributed by atoms with Gasteiger partial charge in [-0.3, -0.25) is 0 Å². The fourth-order valence-electron chi connectivity index (χ4n) is 1.65. The largest absolute Gasteiger partial charge is 0.388 e. The van der Waals surface area contributed by atoms with Gasteiger partial charge in [0.1, 0.15) is 0 Å². The van der Waals surface area contributed by atoms with Gasteiger partial charge in [-0.1, -0.05) is 18.2 Å². The Hall–Kier alpha value is -0.930. The van der Waals surface area contributed by atoms with Crippen molar-refractivity contribution in [2.45, 2.75) is 12.5 Å². The van der Waals surface area contributed by atoms with E-state index in [1.54, 1.807) is 0 Å². The quantitative estimate of drug-likeness (QED) is 0.664. The third kappa shape index (κ3) is 1.65. The molecule has 2 rings (SSSR count). The average molecular weight is 207 g/mol. The SMILES string of the molecule is OC(CCS)c1c[nH]c2ccccc12. The van der Waals surface area contributed by atoms with Crippen molar-refractivity contribution in [2.75, 3.05) is 5.75 Å². The van der Waals surface area contributed by atoms with Gasteiger partial charge in [-0.2, -0.15) is 12.6 Å². The number of aromatic nitrogens is 1. The van der Waals surface area contributed by atoms with Crippen LogP contribution in [0.1, 0.15) is 18.1 Å². The summed E-state index contributed by atoms with van der Waals surface area (Å²) in [5.41, 5.74) is 2.04. The minimum atomic E-state index is -0.413. The molecule has 0 amide bonds. The van der Waals surface area contributed by atoms with Crippen molar-refractivity contribution in [1.29, 1.82) is 0 Å². The second-order valence-electron chi connectivity index (χ2n) is 3.32. The first-order valence-corrected chi connectivity index (χ1v) is 5.31. The molecular weight excluding hydrogens is 194 g/mol. The number of hydrogen-bond donors (Lipinski definition) is 3. The lowest BCUT2D eigenvalue weighted by Crippen LogP contribution is -1.96. The van der Waals surface area contributed by atoms with Crippen LogP contribution in [0.25, 0.3) is 10.9 Å². The number of thiol groups is 1. The lowest BCUT2D eigenvalue weighted by molar-refractivity contribution is 0.176. The zero-order valence-corrected chi connectivity index (χ0v) is 8.67. The van der Waals surface area contributed by atoms with Crippen LogP contribution in [0.5, 0.6) is 0 Å². The van der Waals surface area contributed by atoms with E-state index in [0.29, 0.717) is 12.2 Å². The number of nitrogens with one attached hydrogen (secondary N) is 1. The number of aliphatic hydroxyl groups excluding tert-OH is 1. The number of rotatable bonds is 3.